The van der Waals surface area contributed by atoms with Gasteiger partial charge < -0.3 is 14.2 Å². The fraction of sp³-hybridized carbons (Fsp3) is 0. The number of carbonyl (C=O) groups excluding carboxylic acids is 1. The molecule has 0 fully saturated rings. The molecule has 1 amide bonds. The molecule has 3 aromatic heterocycles. The highest BCUT2D eigenvalue weighted by molar-refractivity contribution is 9.10. The molecule has 0 saturated carbocycles. The van der Waals surface area contributed by atoms with E-state index < -0.39 is 0 Å². The molecule has 0 unspecified atom stereocenters. The van der Waals surface area contributed by atoms with E-state index in [9.17, 15) is 4.79 Å². The fourth-order valence-electron chi connectivity index (χ4n) is 3.08. The van der Waals surface area contributed by atoms with E-state index in [1.54, 1.807) is 42.7 Å². The summed E-state index contributed by atoms with van der Waals surface area (Å²) in [6.45, 7) is 0. The van der Waals surface area contributed by atoms with Crippen LogP contribution in [-0.4, -0.2) is 15.9 Å². The van der Waals surface area contributed by atoms with Crippen molar-refractivity contribution in [3.05, 3.63) is 87.8 Å². The Morgan fingerprint density at radius 3 is 2.48 bits per heavy atom. The molecule has 2 aromatic carbocycles. The molecule has 0 saturated heterocycles. The van der Waals surface area contributed by atoms with Gasteiger partial charge in [0.25, 0.3) is 5.91 Å². The molecule has 8 heteroatoms. The molecule has 0 bridgehead atoms. The van der Waals surface area contributed by atoms with Crippen LogP contribution in [0.15, 0.2) is 90.8 Å². The molecule has 31 heavy (non-hydrogen) atoms. The largest absolute Gasteiger partial charge is 0.451 e. The molecule has 0 aliphatic heterocycles. The minimum atomic E-state index is -0.345. The molecule has 5 aromatic rings. The number of pyridine rings is 1. The summed E-state index contributed by atoms with van der Waals surface area (Å²) >= 11 is 6.80. The molecule has 152 valence electrons. The summed E-state index contributed by atoms with van der Waals surface area (Å²) in [5.41, 5.74) is 3.48. The number of amides is 1. The number of carbonyl (C=O) groups is 1. The van der Waals surface area contributed by atoms with Gasteiger partial charge in [0.2, 0.25) is 5.89 Å². The number of furan rings is 1. The number of aromatic nitrogens is 2. The highest BCUT2D eigenvalue weighted by Crippen LogP contribution is 2.28. The van der Waals surface area contributed by atoms with Crippen LogP contribution in [0.1, 0.15) is 10.6 Å². The van der Waals surface area contributed by atoms with Crippen molar-refractivity contribution < 1.29 is 13.6 Å². The number of hydrogen-bond donors (Lipinski definition) is 1. The van der Waals surface area contributed by atoms with Crippen molar-refractivity contribution in [2.45, 2.75) is 0 Å². The first-order valence-electron chi connectivity index (χ1n) is 9.24. The Morgan fingerprint density at radius 2 is 1.68 bits per heavy atom. The average Bonchev–Trinajstić information content (AvgIpc) is 3.41. The van der Waals surface area contributed by atoms with Gasteiger partial charge in [-0.1, -0.05) is 28.1 Å². The maximum atomic E-state index is 12.6. The van der Waals surface area contributed by atoms with E-state index >= 15 is 0 Å². The van der Waals surface area contributed by atoms with Crippen molar-refractivity contribution in [3.8, 4) is 22.8 Å². The topological polar surface area (TPSA) is 81.2 Å². The molecule has 0 spiro atoms. The average molecular weight is 539 g/mol. The third-order valence-corrected chi connectivity index (χ3v) is 5.52. The van der Waals surface area contributed by atoms with E-state index in [1.807, 2.05) is 30.3 Å². The van der Waals surface area contributed by atoms with Gasteiger partial charge in [0.15, 0.2) is 11.3 Å². The zero-order valence-electron chi connectivity index (χ0n) is 15.8. The molecule has 5 rings (SSSR count). The lowest BCUT2D eigenvalue weighted by molar-refractivity contribution is 0.0997. The number of hydrogen-bond acceptors (Lipinski definition) is 5. The predicted octanol–water partition coefficient (Wildman–Crippen LogP) is 6.93. The van der Waals surface area contributed by atoms with Gasteiger partial charge in [-0.3, -0.25) is 9.78 Å². The number of anilines is 1. The molecule has 0 aliphatic carbocycles. The van der Waals surface area contributed by atoms with Gasteiger partial charge in [0, 0.05) is 32.6 Å². The van der Waals surface area contributed by atoms with E-state index in [4.69, 9.17) is 8.83 Å². The molecule has 1 N–H and O–H groups in total. The number of oxazole rings is 1. The van der Waals surface area contributed by atoms with Crippen molar-refractivity contribution in [2.24, 2.45) is 0 Å². The molecule has 0 aliphatic rings. The van der Waals surface area contributed by atoms with Crippen LogP contribution in [0.25, 0.3) is 33.9 Å². The van der Waals surface area contributed by atoms with E-state index in [-0.39, 0.29) is 11.7 Å². The Balaban J connectivity index is 1.36. The van der Waals surface area contributed by atoms with Crippen molar-refractivity contribution in [1.82, 2.24) is 9.97 Å². The van der Waals surface area contributed by atoms with Crippen LogP contribution >= 0.6 is 31.9 Å². The maximum Gasteiger partial charge on any atom is 0.291 e. The fourth-order valence-corrected chi connectivity index (χ4v) is 3.71. The normalized spacial score (nSPS) is 11.0. The Kier molecular flexibility index (Phi) is 5.17. The second-order valence-electron chi connectivity index (χ2n) is 6.72. The van der Waals surface area contributed by atoms with E-state index in [0.29, 0.717) is 28.4 Å². The quantitative estimate of drug-likeness (QED) is 0.268. The molecular weight excluding hydrogens is 526 g/mol. The first-order valence-corrected chi connectivity index (χ1v) is 10.8. The lowest BCUT2D eigenvalue weighted by Crippen LogP contribution is -2.10. The second kappa shape index (κ2) is 8.13. The summed E-state index contributed by atoms with van der Waals surface area (Å²) in [6.07, 6.45) is 3.37. The van der Waals surface area contributed by atoms with Gasteiger partial charge in [-0.05, 0) is 64.5 Å². The van der Waals surface area contributed by atoms with E-state index in [1.165, 1.54) is 0 Å². The van der Waals surface area contributed by atoms with Crippen molar-refractivity contribution in [1.29, 1.82) is 0 Å². The van der Waals surface area contributed by atoms with Crippen LogP contribution in [0.5, 0.6) is 0 Å². The smallest absolute Gasteiger partial charge is 0.291 e. The second-order valence-corrected chi connectivity index (χ2v) is 8.55. The van der Waals surface area contributed by atoms with Gasteiger partial charge in [0.05, 0.1) is 5.56 Å². The minimum absolute atomic E-state index is 0.221. The van der Waals surface area contributed by atoms with Crippen molar-refractivity contribution in [3.63, 3.8) is 0 Å². The number of halogens is 2. The number of benzene rings is 2. The third kappa shape index (κ3) is 4.17. The van der Waals surface area contributed by atoms with Crippen LogP contribution < -0.4 is 5.32 Å². The zero-order valence-corrected chi connectivity index (χ0v) is 19.0. The van der Waals surface area contributed by atoms with Crippen LogP contribution in [0.2, 0.25) is 0 Å². The molecule has 0 radical (unpaired) electrons. The molecule has 0 atom stereocenters. The van der Waals surface area contributed by atoms with Crippen molar-refractivity contribution in [2.75, 3.05) is 5.32 Å². The summed E-state index contributed by atoms with van der Waals surface area (Å²) in [7, 11) is 0. The van der Waals surface area contributed by atoms with Crippen LogP contribution in [0.4, 0.5) is 5.69 Å². The summed E-state index contributed by atoms with van der Waals surface area (Å²) in [5, 5.41) is 2.84. The van der Waals surface area contributed by atoms with Gasteiger partial charge in [0.1, 0.15) is 11.3 Å². The Morgan fingerprint density at radius 1 is 0.839 bits per heavy atom. The van der Waals surface area contributed by atoms with Crippen LogP contribution in [-0.2, 0) is 0 Å². The van der Waals surface area contributed by atoms with Crippen molar-refractivity contribution >= 4 is 54.6 Å². The Labute approximate surface area is 193 Å². The highest BCUT2D eigenvalue weighted by Gasteiger charge is 2.14. The van der Waals surface area contributed by atoms with Crippen LogP contribution in [0.3, 0.4) is 0 Å². The Hall–Kier alpha value is -3.23. The lowest BCUT2D eigenvalue weighted by Gasteiger charge is -2.03. The Bertz CT molecular complexity index is 1410. The number of rotatable bonds is 4. The monoisotopic (exact) mass is 537 g/mol. The number of fused-ring (bicyclic) bond motifs is 1. The molecular formula is C23H13Br2N3O3. The summed E-state index contributed by atoms with van der Waals surface area (Å²) in [5.74, 6) is 0.955. The lowest BCUT2D eigenvalue weighted by atomic mass is 10.2. The molecule has 6 nitrogen and oxygen atoms in total. The summed E-state index contributed by atoms with van der Waals surface area (Å²) in [6, 6.07) is 18.3. The first-order chi connectivity index (χ1) is 15.0. The third-order valence-electron chi connectivity index (χ3n) is 4.56. The maximum absolute atomic E-state index is 12.6. The van der Waals surface area contributed by atoms with E-state index in [2.05, 4.69) is 47.1 Å². The van der Waals surface area contributed by atoms with Gasteiger partial charge in [-0.15, -0.1) is 0 Å². The summed E-state index contributed by atoms with van der Waals surface area (Å²) < 4.78 is 13.3. The standard InChI is InChI=1S/C23H13Br2N3O3/c24-15-3-1-13(2-4-15)19-7-8-21(30-19)22(29)27-17-5-6-20-18(10-17)28-23(31-20)14-9-16(25)12-26-11-14/h1-12H,(H,27,29). The minimum Gasteiger partial charge on any atom is -0.451 e. The van der Waals surface area contributed by atoms with Gasteiger partial charge >= 0.3 is 0 Å². The zero-order chi connectivity index (χ0) is 21.4. The SMILES string of the molecule is O=C(Nc1ccc2oc(-c3cncc(Br)c3)nc2c1)c1ccc(-c2ccc(Br)cc2)o1. The first kappa shape index (κ1) is 19.7. The number of nitrogens with zero attached hydrogens (tertiary/aromatic N) is 2. The summed E-state index contributed by atoms with van der Waals surface area (Å²) in [4.78, 5) is 21.3. The predicted molar refractivity (Wildman–Crippen MR) is 125 cm³/mol. The van der Waals surface area contributed by atoms with Gasteiger partial charge in [-0.25, -0.2) is 4.98 Å². The highest BCUT2D eigenvalue weighted by atomic mass is 79.9. The van der Waals surface area contributed by atoms with Gasteiger partial charge in [-0.2, -0.15) is 0 Å². The van der Waals surface area contributed by atoms with E-state index in [0.717, 1.165) is 20.1 Å². The van der Waals surface area contributed by atoms with Crippen LogP contribution in [0, 0.1) is 0 Å². The molecule has 3 heterocycles. The number of nitrogens with one attached hydrogen (secondary N) is 1.